The van der Waals surface area contributed by atoms with Gasteiger partial charge in [0.05, 0.1) is 27.4 Å². The third-order valence-corrected chi connectivity index (χ3v) is 4.24. The highest BCUT2D eigenvalue weighted by molar-refractivity contribution is 7.80. The Hall–Kier alpha value is -2.73. The van der Waals surface area contributed by atoms with Gasteiger partial charge in [0.15, 0.2) is 16.6 Å². The molecule has 1 aliphatic rings. The summed E-state index contributed by atoms with van der Waals surface area (Å²) in [7, 11) is 4.90. The van der Waals surface area contributed by atoms with Gasteiger partial charge < -0.3 is 24.8 Å². The van der Waals surface area contributed by atoms with Gasteiger partial charge in [-0.1, -0.05) is 18.2 Å². The standard InChI is InChI=1S/C19H20N2O3S/c1-22-14-6-4-5-12(9-14)15-11-16(21-19(25)20-15)13-7-8-17(23-2)18(10-13)24-3/h4-11,16H,1-3H3,(H2,20,21,25). The minimum atomic E-state index is -0.0743. The first-order valence-corrected chi connectivity index (χ1v) is 8.21. The van der Waals surface area contributed by atoms with Gasteiger partial charge in [0.25, 0.3) is 0 Å². The van der Waals surface area contributed by atoms with Crippen LogP contribution in [0.15, 0.2) is 48.5 Å². The van der Waals surface area contributed by atoms with Gasteiger partial charge in [-0.3, -0.25) is 0 Å². The summed E-state index contributed by atoms with van der Waals surface area (Å²) in [6.45, 7) is 0. The summed E-state index contributed by atoms with van der Waals surface area (Å²) in [5, 5.41) is 7.04. The Morgan fingerprint density at radius 2 is 1.72 bits per heavy atom. The van der Waals surface area contributed by atoms with E-state index >= 15 is 0 Å². The zero-order valence-electron chi connectivity index (χ0n) is 14.3. The van der Waals surface area contributed by atoms with Crippen LogP contribution < -0.4 is 24.8 Å². The van der Waals surface area contributed by atoms with Crippen LogP contribution in [0, 0.1) is 0 Å². The zero-order valence-corrected chi connectivity index (χ0v) is 15.1. The Morgan fingerprint density at radius 3 is 2.44 bits per heavy atom. The van der Waals surface area contributed by atoms with Crippen molar-refractivity contribution in [2.75, 3.05) is 21.3 Å². The van der Waals surface area contributed by atoms with E-state index in [4.69, 9.17) is 26.4 Å². The van der Waals surface area contributed by atoms with Crippen LogP contribution >= 0.6 is 12.2 Å². The van der Waals surface area contributed by atoms with E-state index in [1.807, 2.05) is 42.5 Å². The van der Waals surface area contributed by atoms with E-state index in [2.05, 4.69) is 16.7 Å². The second-order valence-corrected chi connectivity index (χ2v) is 5.91. The molecule has 2 N–H and O–H groups in total. The monoisotopic (exact) mass is 356 g/mol. The van der Waals surface area contributed by atoms with Crippen molar-refractivity contribution in [2.45, 2.75) is 6.04 Å². The number of benzene rings is 2. The average molecular weight is 356 g/mol. The first kappa shape index (κ1) is 17.1. The molecule has 6 heteroatoms. The van der Waals surface area contributed by atoms with Gasteiger partial charge in [0, 0.05) is 11.3 Å². The maximum atomic E-state index is 5.40. The number of thiocarbonyl (C=S) groups is 1. The Bertz CT molecular complexity index is 820. The molecule has 0 radical (unpaired) electrons. The van der Waals surface area contributed by atoms with Gasteiger partial charge in [-0.15, -0.1) is 0 Å². The predicted molar refractivity (Wildman–Crippen MR) is 102 cm³/mol. The van der Waals surface area contributed by atoms with Crippen LogP contribution in [0.1, 0.15) is 17.2 Å². The molecule has 1 unspecified atom stereocenters. The maximum absolute atomic E-state index is 5.40. The fourth-order valence-electron chi connectivity index (χ4n) is 2.73. The van der Waals surface area contributed by atoms with Crippen LogP contribution in [-0.2, 0) is 0 Å². The smallest absolute Gasteiger partial charge is 0.171 e. The summed E-state index contributed by atoms with van der Waals surface area (Å²) in [4.78, 5) is 0. The molecule has 0 saturated carbocycles. The van der Waals surface area contributed by atoms with Gasteiger partial charge in [0.2, 0.25) is 0 Å². The molecule has 5 nitrogen and oxygen atoms in total. The highest BCUT2D eigenvalue weighted by atomic mass is 32.1. The number of hydrogen-bond donors (Lipinski definition) is 2. The van der Waals surface area contributed by atoms with Crippen molar-refractivity contribution < 1.29 is 14.2 Å². The van der Waals surface area contributed by atoms with E-state index in [1.54, 1.807) is 21.3 Å². The summed E-state index contributed by atoms with van der Waals surface area (Å²) in [5.74, 6) is 2.18. The molecule has 3 rings (SSSR count). The molecule has 0 saturated heterocycles. The molecule has 1 heterocycles. The Labute approximate surface area is 152 Å². The lowest BCUT2D eigenvalue weighted by molar-refractivity contribution is 0.354. The molecular formula is C19H20N2O3S. The van der Waals surface area contributed by atoms with Gasteiger partial charge >= 0.3 is 0 Å². The van der Waals surface area contributed by atoms with Crippen LogP contribution in [0.25, 0.3) is 5.70 Å². The molecule has 130 valence electrons. The normalized spacial score (nSPS) is 16.4. The molecule has 2 aromatic carbocycles. The second kappa shape index (κ2) is 7.44. The molecule has 1 aliphatic heterocycles. The predicted octanol–water partition coefficient (Wildman–Crippen LogP) is 3.27. The van der Waals surface area contributed by atoms with E-state index in [0.29, 0.717) is 16.6 Å². The number of rotatable bonds is 5. The minimum absolute atomic E-state index is 0.0743. The summed E-state index contributed by atoms with van der Waals surface area (Å²) < 4.78 is 16.0. The number of ether oxygens (including phenoxy) is 3. The van der Waals surface area contributed by atoms with E-state index in [-0.39, 0.29) is 6.04 Å². The van der Waals surface area contributed by atoms with Crippen molar-refractivity contribution in [1.82, 2.24) is 10.6 Å². The van der Waals surface area contributed by atoms with Crippen LogP contribution in [0.3, 0.4) is 0 Å². The first-order valence-electron chi connectivity index (χ1n) is 7.80. The van der Waals surface area contributed by atoms with Crippen LogP contribution in [-0.4, -0.2) is 26.4 Å². The summed E-state index contributed by atoms with van der Waals surface area (Å²) in [5.41, 5.74) is 2.97. The molecular weight excluding hydrogens is 336 g/mol. The highest BCUT2D eigenvalue weighted by Gasteiger charge is 2.20. The number of hydrogen-bond acceptors (Lipinski definition) is 4. The zero-order chi connectivity index (χ0) is 17.8. The third-order valence-electron chi connectivity index (χ3n) is 4.02. The third kappa shape index (κ3) is 3.69. The fourth-order valence-corrected chi connectivity index (χ4v) is 2.97. The molecule has 0 aliphatic carbocycles. The second-order valence-electron chi connectivity index (χ2n) is 5.50. The Balaban J connectivity index is 1.97. The molecule has 1 atom stereocenters. The molecule has 0 amide bonds. The lowest BCUT2D eigenvalue weighted by Crippen LogP contribution is -2.40. The highest BCUT2D eigenvalue weighted by Crippen LogP contribution is 2.32. The van der Waals surface area contributed by atoms with E-state index in [9.17, 15) is 0 Å². The van der Waals surface area contributed by atoms with E-state index < -0.39 is 0 Å². The number of nitrogens with one attached hydrogen (secondary N) is 2. The van der Waals surface area contributed by atoms with Gasteiger partial charge in [-0.25, -0.2) is 0 Å². The molecule has 2 aromatic rings. The van der Waals surface area contributed by atoms with E-state index in [0.717, 1.165) is 22.6 Å². The topological polar surface area (TPSA) is 51.8 Å². The van der Waals surface area contributed by atoms with Crippen molar-refractivity contribution >= 4 is 23.0 Å². The summed E-state index contributed by atoms with van der Waals surface area (Å²) in [6.07, 6.45) is 2.09. The van der Waals surface area contributed by atoms with Crippen molar-refractivity contribution in [1.29, 1.82) is 0 Å². The van der Waals surface area contributed by atoms with Crippen LogP contribution in [0.2, 0.25) is 0 Å². The summed E-state index contributed by atoms with van der Waals surface area (Å²) in [6, 6.07) is 13.6. The summed E-state index contributed by atoms with van der Waals surface area (Å²) >= 11 is 5.38. The van der Waals surface area contributed by atoms with Crippen molar-refractivity contribution in [2.24, 2.45) is 0 Å². The van der Waals surface area contributed by atoms with Crippen molar-refractivity contribution in [3.63, 3.8) is 0 Å². The van der Waals surface area contributed by atoms with Crippen LogP contribution in [0.5, 0.6) is 17.2 Å². The average Bonchev–Trinajstić information content (AvgIpc) is 2.67. The van der Waals surface area contributed by atoms with Crippen molar-refractivity contribution in [3.05, 3.63) is 59.7 Å². The minimum Gasteiger partial charge on any atom is -0.497 e. The van der Waals surface area contributed by atoms with Gasteiger partial charge in [0.1, 0.15) is 5.75 Å². The molecule has 0 aromatic heterocycles. The van der Waals surface area contributed by atoms with Gasteiger partial charge in [-0.05, 0) is 48.1 Å². The quantitative estimate of drug-likeness (QED) is 0.802. The van der Waals surface area contributed by atoms with E-state index in [1.165, 1.54) is 0 Å². The first-order chi connectivity index (χ1) is 12.1. The number of methoxy groups -OCH3 is 3. The lowest BCUT2D eigenvalue weighted by atomic mass is 10.0. The van der Waals surface area contributed by atoms with Gasteiger partial charge in [-0.2, -0.15) is 0 Å². The fraction of sp³-hybridized carbons (Fsp3) is 0.211. The lowest BCUT2D eigenvalue weighted by Gasteiger charge is -2.27. The maximum Gasteiger partial charge on any atom is 0.171 e. The largest absolute Gasteiger partial charge is 0.497 e. The molecule has 0 bridgehead atoms. The Morgan fingerprint density at radius 1 is 0.920 bits per heavy atom. The SMILES string of the molecule is COc1cccc(C2=CC(c3ccc(OC)c(OC)c3)NC(=S)N2)c1. The molecule has 25 heavy (non-hydrogen) atoms. The molecule has 0 spiro atoms. The van der Waals surface area contributed by atoms with Crippen molar-refractivity contribution in [3.8, 4) is 17.2 Å². The van der Waals surface area contributed by atoms with Crippen LogP contribution in [0.4, 0.5) is 0 Å². The molecule has 0 fully saturated rings. The Kier molecular flexibility index (Phi) is 5.09.